The van der Waals surface area contributed by atoms with Crippen molar-refractivity contribution < 1.29 is 18.9 Å². The van der Waals surface area contributed by atoms with Crippen molar-refractivity contribution in [3.63, 3.8) is 0 Å². The highest BCUT2D eigenvalue weighted by molar-refractivity contribution is 5.53. The maximum absolute atomic E-state index is 5.77. The average Bonchev–Trinajstić information content (AvgIpc) is 2.45. The van der Waals surface area contributed by atoms with Crippen LogP contribution in [0.2, 0.25) is 0 Å². The molecule has 2 atom stereocenters. The molecular formula is C16H25NO4. The summed E-state index contributed by atoms with van der Waals surface area (Å²) in [6.45, 7) is 6.92. The van der Waals surface area contributed by atoms with Crippen LogP contribution in [0.5, 0.6) is 17.2 Å². The number of ether oxygens (including phenoxy) is 4. The van der Waals surface area contributed by atoms with Crippen molar-refractivity contribution in [1.82, 2.24) is 4.90 Å². The van der Waals surface area contributed by atoms with Crippen LogP contribution in [0.1, 0.15) is 19.4 Å². The molecule has 21 heavy (non-hydrogen) atoms. The molecule has 5 heteroatoms. The zero-order valence-electron chi connectivity index (χ0n) is 13.5. The zero-order valence-corrected chi connectivity index (χ0v) is 13.5. The predicted molar refractivity (Wildman–Crippen MR) is 81.4 cm³/mol. The van der Waals surface area contributed by atoms with Gasteiger partial charge in [0.15, 0.2) is 11.5 Å². The molecule has 1 aromatic carbocycles. The Labute approximate surface area is 126 Å². The minimum Gasteiger partial charge on any atom is -0.493 e. The fraction of sp³-hybridized carbons (Fsp3) is 0.625. The van der Waals surface area contributed by atoms with Crippen molar-refractivity contribution in [2.24, 2.45) is 0 Å². The molecule has 1 fully saturated rings. The molecule has 0 bridgehead atoms. The van der Waals surface area contributed by atoms with Gasteiger partial charge in [0, 0.05) is 19.6 Å². The Kier molecular flexibility index (Phi) is 5.31. The molecule has 1 heterocycles. The van der Waals surface area contributed by atoms with Crippen LogP contribution in [0.25, 0.3) is 0 Å². The Hall–Kier alpha value is -1.46. The molecule has 1 aromatic rings. The number of benzene rings is 1. The van der Waals surface area contributed by atoms with Gasteiger partial charge in [-0.05, 0) is 31.5 Å². The standard InChI is InChI=1S/C16H25NO4/c1-11-8-17(9-12(2)21-11)10-13-6-14(18-3)16(20-5)15(7-13)19-4/h6-7,11-12H,8-10H2,1-5H3. The predicted octanol–water partition coefficient (Wildman–Crippen LogP) is 2.32. The summed E-state index contributed by atoms with van der Waals surface area (Å²) in [6.07, 6.45) is 0.520. The second kappa shape index (κ2) is 7.00. The van der Waals surface area contributed by atoms with Crippen molar-refractivity contribution in [2.75, 3.05) is 34.4 Å². The molecule has 1 aliphatic rings. The number of rotatable bonds is 5. The van der Waals surface area contributed by atoms with Crippen molar-refractivity contribution in [3.8, 4) is 17.2 Å². The SMILES string of the molecule is COc1cc(CN2CC(C)OC(C)C2)cc(OC)c1OC. The van der Waals surface area contributed by atoms with Gasteiger partial charge in [0.1, 0.15) is 0 Å². The largest absolute Gasteiger partial charge is 0.493 e. The first-order valence-electron chi connectivity index (χ1n) is 7.24. The number of morpholine rings is 1. The van der Waals surface area contributed by atoms with E-state index in [0.29, 0.717) is 17.2 Å². The van der Waals surface area contributed by atoms with Gasteiger partial charge in [-0.2, -0.15) is 0 Å². The summed E-state index contributed by atoms with van der Waals surface area (Å²) in [5.41, 5.74) is 1.14. The quantitative estimate of drug-likeness (QED) is 0.834. The van der Waals surface area contributed by atoms with Crippen molar-refractivity contribution in [2.45, 2.75) is 32.6 Å². The molecule has 0 saturated carbocycles. The van der Waals surface area contributed by atoms with Crippen LogP contribution in [-0.2, 0) is 11.3 Å². The van der Waals surface area contributed by atoms with E-state index < -0.39 is 0 Å². The number of nitrogens with zero attached hydrogens (tertiary/aromatic N) is 1. The van der Waals surface area contributed by atoms with Gasteiger partial charge in [-0.1, -0.05) is 0 Å². The van der Waals surface area contributed by atoms with Gasteiger partial charge >= 0.3 is 0 Å². The molecule has 1 saturated heterocycles. The van der Waals surface area contributed by atoms with Crippen molar-refractivity contribution >= 4 is 0 Å². The van der Waals surface area contributed by atoms with Crippen LogP contribution < -0.4 is 14.2 Å². The summed E-state index contributed by atoms with van der Waals surface area (Å²) in [5.74, 6) is 2.02. The van der Waals surface area contributed by atoms with Gasteiger partial charge in [-0.15, -0.1) is 0 Å². The Morgan fingerprint density at radius 3 is 1.95 bits per heavy atom. The van der Waals surface area contributed by atoms with E-state index in [-0.39, 0.29) is 12.2 Å². The lowest BCUT2D eigenvalue weighted by Gasteiger charge is -2.35. The Bertz CT molecular complexity index is 442. The molecule has 0 N–H and O–H groups in total. The molecule has 0 aliphatic carbocycles. The Morgan fingerprint density at radius 1 is 1.00 bits per heavy atom. The van der Waals surface area contributed by atoms with Gasteiger partial charge in [0.2, 0.25) is 5.75 Å². The van der Waals surface area contributed by atoms with Crippen LogP contribution in [0.4, 0.5) is 0 Å². The molecule has 0 spiro atoms. The minimum atomic E-state index is 0.260. The Balaban J connectivity index is 2.19. The van der Waals surface area contributed by atoms with Crippen molar-refractivity contribution in [1.29, 1.82) is 0 Å². The summed E-state index contributed by atoms with van der Waals surface area (Å²) in [5, 5.41) is 0. The van der Waals surface area contributed by atoms with Crippen LogP contribution >= 0.6 is 0 Å². The number of methoxy groups -OCH3 is 3. The summed E-state index contributed by atoms with van der Waals surface area (Å²) in [7, 11) is 4.89. The van der Waals surface area contributed by atoms with Gasteiger partial charge in [0.05, 0.1) is 33.5 Å². The van der Waals surface area contributed by atoms with Crippen molar-refractivity contribution in [3.05, 3.63) is 17.7 Å². The Morgan fingerprint density at radius 2 is 1.52 bits per heavy atom. The first kappa shape index (κ1) is 15.9. The van der Waals surface area contributed by atoms with Crippen LogP contribution in [0, 0.1) is 0 Å². The first-order chi connectivity index (χ1) is 10.1. The van der Waals surface area contributed by atoms with E-state index in [4.69, 9.17) is 18.9 Å². The highest BCUT2D eigenvalue weighted by atomic mass is 16.5. The monoisotopic (exact) mass is 295 g/mol. The third kappa shape index (κ3) is 3.80. The maximum atomic E-state index is 5.77. The third-order valence-corrected chi connectivity index (χ3v) is 3.63. The van der Waals surface area contributed by atoms with Gasteiger partial charge < -0.3 is 18.9 Å². The molecule has 0 amide bonds. The topological polar surface area (TPSA) is 40.2 Å². The summed E-state index contributed by atoms with van der Waals surface area (Å²) in [6, 6.07) is 4.01. The fourth-order valence-electron chi connectivity index (χ4n) is 2.90. The second-order valence-corrected chi connectivity index (χ2v) is 5.48. The van der Waals surface area contributed by atoms with E-state index in [1.807, 2.05) is 12.1 Å². The zero-order chi connectivity index (χ0) is 15.4. The molecular weight excluding hydrogens is 270 g/mol. The third-order valence-electron chi connectivity index (χ3n) is 3.63. The van der Waals surface area contributed by atoms with E-state index in [1.165, 1.54) is 0 Å². The van der Waals surface area contributed by atoms with E-state index in [2.05, 4.69) is 18.7 Å². The van der Waals surface area contributed by atoms with Crippen LogP contribution in [0.3, 0.4) is 0 Å². The molecule has 2 unspecified atom stereocenters. The summed E-state index contributed by atoms with van der Waals surface area (Å²) < 4.78 is 21.9. The lowest BCUT2D eigenvalue weighted by atomic mass is 10.1. The summed E-state index contributed by atoms with van der Waals surface area (Å²) >= 11 is 0. The minimum absolute atomic E-state index is 0.260. The van der Waals surface area contributed by atoms with Gasteiger partial charge in [-0.3, -0.25) is 4.90 Å². The highest BCUT2D eigenvalue weighted by Crippen LogP contribution is 2.38. The van der Waals surface area contributed by atoms with E-state index in [0.717, 1.165) is 25.2 Å². The lowest BCUT2D eigenvalue weighted by molar-refractivity contribution is -0.0705. The fourth-order valence-corrected chi connectivity index (χ4v) is 2.90. The molecule has 118 valence electrons. The van der Waals surface area contributed by atoms with E-state index in [9.17, 15) is 0 Å². The van der Waals surface area contributed by atoms with Crippen LogP contribution in [0.15, 0.2) is 12.1 Å². The molecule has 1 aliphatic heterocycles. The number of hydrogen-bond donors (Lipinski definition) is 0. The second-order valence-electron chi connectivity index (χ2n) is 5.48. The smallest absolute Gasteiger partial charge is 0.203 e. The molecule has 2 rings (SSSR count). The normalized spacial score (nSPS) is 22.9. The van der Waals surface area contributed by atoms with E-state index >= 15 is 0 Å². The van der Waals surface area contributed by atoms with Gasteiger partial charge in [-0.25, -0.2) is 0 Å². The lowest BCUT2D eigenvalue weighted by Crippen LogP contribution is -2.44. The molecule has 0 radical (unpaired) electrons. The molecule has 0 aromatic heterocycles. The van der Waals surface area contributed by atoms with Crippen LogP contribution in [-0.4, -0.2) is 51.5 Å². The maximum Gasteiger partial charge on any atom is 0.203 e. The van der Waals surface area contributed by atoms with E-state index in [1.54, 1.807) is 21.3 Å². The number of hydrogen-bond acceptors (Lipinski definition) is 5. The highest BCUT2D eigenvalue weighted by Gasteiger charge is 2.23. The summed E-state index contributed by atoms with van der Waals surface area (Å²) in [4.78, 5) is 2.39. The van der Waals surface area contributed by atoms with Gasteiger partial charge in [0.25, 0.3) is 0 Å². The average molecular weight is 295 g/mol. The first-order valence-corrected chi connectivity index (χ1v) is 7.24. The molecule has 5 nitrogen and oxygen atoms in total.